The van der Waals surface area contributed by atoms with E-state index in [4.69, 9.17) is 0 Å². The van der Waals surface area contributed by atoms with Gasteiger partial charge in [-0.2, -0.15) is 0 Å². The molecule has 2 aromatic rings. The standard InChI is InChI=1S/C21H28N.ClH/c1-4-22(5-2,6-3)16-20-13-9-12-19-14-17-10-7-8-11-18(17)15-21(19)20;/h7-13H,4-6,14-16H2,1-3H3;1H/q+1;/p-1. The topological polar surface area (TPSA) is 0 Å². The molecule has 0 N–H and O–H groups in total. The molecular weight excluding hydrogens is 302 g/mol. The fourth-order valence-electron chi connectivity index (χ4n) is 3.89. The number of benzene rings is 2. The summed E-state index contributed by atoms with van der Waals surface area (Å²) in [7, 11) is 0. The molecule has 1 aliphatic carbocycles. The number of halogens is 1. The van der Waals surface area contributed by atoms with E-state index in [0.29, 0.717) is 0 Å². The molecule has 0 spiro atoms. The van der Waals surface area contributed by atoms with Crippen molar-refractivity contribution in [1.82, 2.24) is 0 Å². The molecule has 1 nitrogen and oxygen atoms in total. The first kappa shape index (κ1) is 18.0. The third kappa shape index (κ3) is 3.46. The Morgan fingerprint density at radius 1 is 0.739 bits per heavy atom. The van der Waals surface area contributed by atoms with E-state index in [0.717, 1.165) is 12.8 Å². The van der Waals surface area contributed by atoms with Gasteiger partial charge in [-0.3, -0.25) is 0 Å². The molecule has 0 fully saturated rings. The lowest BCUT2D eigenvalue weighted by Gasteiger charge is -2.37. The Morgan fingerprint density at radius 2 is 1.30 bits per heavy atom. The van der Waals surface area contributed by atoms with E-state index in [1.165, 1.54) is 47.4 Å². The highest BCUT2D eigenvalue weighted by atomic mass is 35.5. The van der Waals surface area contributed by atoms with Crippen molar-refractivity contribution in [2.24, 2.45) is 0 Å². The summed E-state index contributed by atoms with van der Waals surface area (Å²) in [6.45, 7) is 11.8. The van der Waals surface area contributed by atoms with Crippen LogP contribution in [0.15, 0.2) is 42.5 Å². The Hall–Kier alpha value is -1.31. The van der Waals surface area contributed by atoms with Crippen LogP contribution in [0, 0.1) is 0 Å². The van der Waals surface area contributed by atoms with Gasteiger partial charge < -0.3 is 16.9 Å². The van der Waals surface area contributed by atoms with Crippen molar-refractivity contribution in [2.75, 3.05) is 19.6 Å². The second-order valence-corrected chi connectivity index (χ2v) is 6.63. The quantitative estimate of drug-likeness (QED) is 0.623. The summed E-state index contributed by atoms with van der Waals surface area (Å²) in [5, 5.41) is 0. The maximum Gasteiger partial charge on any atom is 0.105 e. The molecule has 124 valence electrons. The first-order valence-electron chi connectivity index (χ1n) is 8.73. The number of rotatable bonds is 5. The van der Waals surface area contributed by atoms with E-state index >= 15 is 0 Å². The van der Waals surface area contributed by atoms with Crippen molar-refractivity contribution in [3.8, 4) is 0 Å². The first-order valence-corrected chi connectivity index (χ1v) is 8.73. The summed E-state index contributed by atoms with van der Waals surface area (Å²) in [6.07, 6.45) is 2.21. The van der Waals surface area contributed by atoms with Crippen LogP contribution in [0.5, 0.6) is 0 Å². The Morgan fingerprint density at radius 3 is 1.91 bits per heavy atom. The molecule has 0 heterocycles. The molecule has 0 aliphatic heterocycles. The summed E-state index contributed by atoms with van der Waals surface area (Å²) >= 11 is 0. The molecule has 0 saturated heterocycles. The number of hydrogen-bond donors (Lipinski definition) is 0. The van der Waals surface area contributed by atoms with Crippen molar-refractivity contribution >= 4 is 0 Å². The van der Waals surface area contributed by atoms with Crippen LogP contribution in [0.1, 0.15) is 48.6 Å². The van der Waals surface area contributed by atoms with Gasteiger partial charge in [0.25, 0.3) is 0 Å². The van der Waals surface area contributed by atoms with Gasteiger partial charge in [-0.1, -0.05) is 42.5 Å². The first-order chi connectivity index (χ1) is 10.7. The van der Waals surface area contributed by atoms with E-state index in [1.807, 2.05) is 0 Å². The van der Waals surface area contributed by atoms with Crippen molar-refractivity contribution in [3.63, 3.8) is 0 Å². The highest BCUT2D eigenvalue weighted by Crippen LogP contribution is 2.30. The summed E-state index contributed by atoms with van der Waals surface area (Å²) in [5.41, 5.74) is 7.73. The molecule has 0 atom stereocenters. The van der Waals surface area contributed by atoms with Crippen LogP contribution in [0.25, 0.3) is 0 Å². The van der Waals surface area contributed by atoms with E-state index in [9.17, 15) is 0 Å². The third-order valence-electron chi connectivity index (χ3n) is 5.75. The lowest BCUT2D eigenvalue weighted by atomic mass is 9.83. The van der Waals surface area contributed by atoms with E-state index in [1.54, 1.807) is 11.1 Å². The minimum atomic E-state index is 0. The van der Waals surface area contributed by atoms with Crippen LogP contribution in [0.2, 0.25) is 0 Å². The smallest absolute Gasteiger partial charge is 0.105 e. The van der Waals surface area contributed by atoms with Gasteiger partial charge in [-0.25, -0.2) is 0 Å². The molecule has 0 unspecified atom stereocenters. The molecule has 3 rings (SSSR count). The maximum absolute atomic E-state index is 2.36. The minimum absolute atomic E-state index is 0. The zero-order chi connectivity index (χ0) is 15.6. The summed E-state index contributed by atoms with van der Waals surface area (Å²) < 4.78 is 1.19. The molecular formula is C21H28ClN. The molecule has 2 aromatic carbocycles. The Bertz CT molecular complexity index is 650. The van der Waals surface area contributed by atoms with Gasteiger partial charge in [0.1, 0.15) is 6.54 Å². The fourth-order valence-corrected chi connectivity index (χ4v) is 3.89. The van der Waals surface area contributed by atoms with Crippen LogP contribution >= 0.6 is 0 Å². The zero-order valence-electron chi connectivity index (χ0n) is 14.6. The molecule has 2 heteroatoms. The van der Waals surface area contributed by atoms with Crippen molar-refractivity contribution < 1.29 is 16.9 Å². The van der Waals surface area contributed by atoms with Gasteiger partial charge in [0, 0.05) is 5.56 Å². The number of fused-ring (bicyclic) bond motifs is 2. The Balaban J connectivity index is 0.00000192. The molecule has 1 aliphatic rings. The molecule has 0 aromatic heterocycles. The number of hydrogen-bond acceptors (Lipinski definition) is 0. The van der Waals surface area contributed by atoms with Gasteiger partial charge in [-0.15, -0.1) is 0 Å². The van der Waals surface area contributed by atoms with Crippen LogP contribution in [-0.4, -0.2) is 24.1 Å². The minimum Gasteiger partial charge on any atom is -1.00 e. The highest BCUT2D eigenvalue weighted by Gasteiger charge is 2.25. The molecule has 0 bridgehead atoms. The van der Waals surface area contributed by atoms with Gasteiger partial charge in [0.05, 0.1) is 19.6 Å². The van der Waals surface area contributed by atoms with Crippen LogP contribution < -0.4 is 12.4 Å². The largest absolute Gasteiger partial charge is 1.00 e. The van der Waals surface area contributed by atoms with Gasteiger partial charge in [0.15, 0.2) is 0 Å². The van der Waals surface area contributed by atoms with Crippen molar-refractivity contribution in [1.29, 1.82) is 0 Å². The fraction of sp³-hybridized carbons (Fsp3) is 0.429. The Labute approximate surface area is 147 Å². The SMILES string of the molecule is CC[N+](CC)(CC)Cc1cccc2c1Cc1ccccc1C2.[Cl-]. The van der Waals surface area contributed by atoms with Crippen LogP contribution in [0.3, 0.4) is 0 Å². The van der Waals surface area contributed by atoms with Crippen LogP contribution in [0.4, 0.5) is 0 Å². The molecule has 0 radical (unpaired) electrons. The second kappa shape index (κ2) is 7.51. The highest BCUT2D eigenvalue weighted by molar-refractivity contribution is 5.48. The van der Waals surface area contributed by atoms with E-state index < -0.39 is 0 Å². The predicted molar refractivity (Wildman–Crippen MR) is 94.1 cm³/mol. The lowest BCUT2D eigenvalue weighted by Crippen LogP contribution is -3.00. The molecule has 0 saturated carbocycles. The predicted octanol–water partition coefficient (Wildman–Crippen LogP) is 1.56. The zero-order valence-corrected chi connectivity index (χ0v) is 15.4. The monoisotopic (exact) mass is 329 g/mol. The Kier molecular flexibility index (Phi) is 5.89. The van der Waals surface area contributed by atoms with Gasteiger partial charge >= 0.3 is 0 Å². The average molecular weight is 330 g/mol. The molecule has 0 amide bonds. The third-order valence-corrected chi connectivity index (χ3v) is 5.75. The van der Waals surface area contributed by atoms with E-state index in [-0.39, 0.29) is 12.4 Å². The lowest BCUT2D eigenvalue weighted by molar-refractivity contribution is -0.936. The number of nitrogens with zero attached hydrogens (tertiary/aromatic N) is 1. The van der Waals surface area contributed by atoms with Gasteiger partial charge in [0.2, 0.25) is 0 Å². The second-order valence-electron chi connectivity index (χ2n) is 6.63. The van der Waals surface area contributed by atoms with Crippen molar-refractivity contribution in [2.45, 2.75) is 40.2 Å². The van der Waals surface area contributed by atoms with Crippen molar-refractivity contribution in [3.05, 3.63) is 70.3 Å². The maximum atomic E-state index is 2.36. The average Bonchev–Trinajstić information content (AvgIpc) is 2.58. The summed E-state index contributed by atoms with van der Waals surface area (Å²) in [5.74, 6) is 0. The normalized spacial score (nSPS) is 13.0. The van der Waals surface area contributed by atoms with Gasteiger partial charge in [-0.05, 0) is 55.9 Å². The summed E-state index contributed by atoms with van der Waals surface area (Å²) in [4.78, 5) is 0. The van der Waals surface area contributed by atoms with E-state index in [2.05, 4.69) is 63.2 Å². The summed E-state index contributed by atoms with van der Waals surface area (Å²) in [6, 6.07) is 15.9. The van der Waals surface area contributed by atoms with Crippen LogP contribution in [-0.2, 0) is 19.4 Å². The number of quaternary nitrogens is 1. The molecule has 23 heavy (non-hydrogen) atoms.